The van der Waals surface area contributed by atoms with Crippen LogP contribution in [0.1, 0.15) is 40.2 Å². The second-order valence-corrected chi connectivity index (χ2v) is 14.7. The average Bonchev–Trinajstić information content (AvgIpc) is 3.22. The molecule has 0 radical (unpaired) electrons. The summed E-state index contributed by atoms with van der Waals surface area (Å²) in [5, 5.41) is 7.70. The van der Waals surface area contributed by atoms with E-state index in [4.69, 9.17) is 0 Å². The van der Waals surface area contributed by atoms with E-state index in [1.807, 2.05) is 13.8 Å². The summed E-state index contributed by atoms with van der Waals surface area (Å²) in [6.07, 6.45) is 0. The highest BCUT2D eigenvalue weighted by Crippen LogP contribution is 2.48. The predicted molar refractivity (Wildman–Crippen MR) is 235 cm³/mol. The first-order chi connectivity index (χ1) is 26.4. The Kier molecular flexibility index (Phi) is 9.36. The predicted octanol–water partition coefficient (Wildman–Crippen LogP) is 15.5. The molecule has 0 N–H and O–H groups in total. The molecule has 2 nitrogen and oxygen atoms in total. The van der Waals surface area contributed by atoms with Gasteiger partial charge in [-0.2, -0.15) is 0 Å². The quantitative estimate of drug-likeness (QED) is 0.153. The van der Waals surface area contributed by atoms with Crippen molar-refractivity contribution in [2.75, 3.05) is 9.80 Å². The van der Waals surface area contributed by atoms with Crippen molar-refractivity contribution in [1.29, 1.82) is 0 Å². The normalized spacial score (nSPS) is 11.4. The monoisotopic (exact) mass is 698 g/mol. The van der Waals surface area contributed by atoms with Crippen LogP contribution in [-0.2, 0) is 5.41 Å². The fraction of sp³-hybridized carbons (Fsp3) is 0.115. The van der Waals surface area contributed by atoms with Crippen LogP contribution in [-0.4, -0.2) is 0 Å². The molecular weight excluding hydrogens is 653 g/mol. The second kappa shape index (κ2) is 14.6. The van der Waals surface area contributed by atoms with Crippen LogP contribution in [0.5, 0.6) is 0 Å². The summed E-state index contributed by atoms with van der Waals surface area (Å²) in [4.78, 5) is 4.73. The van der Waals surface area contributed by atoms with E-state index >= 15 is 0 Å². The molecule has 0 saturated carbocycles. The molecule has 0 aliphatic rings. The summed E-state index contributed by atoms with van der Waals surface area (Å²) in [7, 11) is 0. The Morgan fingerprint density at radius 3 is 1.22 bits per heavy atom. The second-order valence-electron chi connectivity index (χ2n) is 14.7. The Balaban J connectivity index is 0.00000203. The summed E-state index contributed by atoms with van der Waals surface area (Å²) in [5.74, 6) is 0. The van der Waals surface area contributed by atoms with Crippen molar-refractivity contribution in [3.8, 4) is 11.1 Å². The van der Waals surface area contributed by atoms with E-state index in [0.29, 0.717) is 0 Å². The third-order valence-corrected chi connectivity index (χ3v) is 10.3. The molecule has 0 unspecified atom stereocenters. The molecule has 0 atom stereocenters. The van der Waals surface area contributed by atoms with Gasteiger partial charge in [-0.3, -0.25) is 0 Å². The highest BCUT2D eigenvalue weighted by atomic mass is 15.1. The number of benzene rings is 9. The largest absolute Gasteiger partial charge is 0.311 e. The van der Waals surface area contributed by atoms with Gasteiger partial charge < -0.3 is 9.80 Å². The molecule has 0 amide bonds. The molecule has 0 heterocycles. The van der Waals surface area contributed by atoms with Gasteiger partial charge in [-0.1, -0.05) is 156 Å². The minimum Gasteiger partial charge on any atom is -0.311 e. The fourth-order valence-corrected chi connectivity index (χ4v) is 7.73. The molecule has 0 aromatic heterocycles. The van der Waals surface area contributed by atoms with Gasteiger partial charge in [0.05, 0.1) is 5.69 Å². The highest BCUT2D eigenvalue weighted by Gasteiger charge is 2.23. The third kappa shape index (κ3) is 6.35. The standard InChI is InChI=1S/C50H40N2.C2H6/c1-50(2,3)38-32-36-26-30-44-46(35-24-28-43(29-25-35)51(39-16-8-4-9-17-39)40-18-10-5-11-19-40)34-47(45-31-27-37(33-38)48(36)49(44)45)52(41-20-12-6-13-21-41)42-22-14-7-15-23-42;1-2/h4-34H,1-3H3;1-2H3. The van der Waals surface area contributed by atoms with E-state index in [-0.39, 0.29) is 5.41 Å². The topological polar surface area (TPSA) is 6.48 Å². The SMILES string of the molecule is CC.CC(C)(C)c1cc2ccc3c(-c4ccc(N(c5ccccc5)c5ccccc5)cc4)cc(N(c4ccccc4)c4ccccc4)c4ccc(c1)c2c34. The fourth-order valence-electron chi connectivity index (χ4n) is 7.73. The Morgan fingerprint density at radius 1 is 0.370 bits per heavy atom. The molecule has 0 fully saturated rings. The smallest absolute Gasteiger partial charge is 0.0546 e. The van der Waals surface area contributed by atoms with Crippen molar-refractivity contribution in [3.05, 3.63) is 194 Å². The lowest BCUT2D eigenvalue weighted by molar-refractivity contribution is 0.591. The van der Waals surface area contributed by atoms with Gasteiger partial charge >= 0.3 is 0 Å². The Hall–Kier alpha value is -6.38. The van der Waals surface area contributed by atoms with Crippen molar-refractivity contribution >= 4 is 66.4 Å². The van der Waals surface area contributed by atoms with Crippen LogP contribution in [0.4, 0.5) is 34.1 Å². The van der Waals surface area contributed by atoms with Crippen LogP contribution in [0.3, 0.4) is 0 Å². The molecule has 9 aromatic carbocycles. The van der Waals surface area contributed by atoms with Gasteiger partial charge in [0.2, 0.25) is 0 Å². The van der Waals surface area contributed by atoms with Gasteiger partial charge in [0.15, 0.2) is 0 Å². The van der Waals surface area contributed by atoms with E-state index < -0.39 is 0 Å². The highest BCUT2D eigenvalue weighted by molar-refractivity contribution is 6.28. The maximum absolute atomic E-state index is 2.41. The average molecular weight is 699 g/mol. The van der Waals surface area contributed by atoms with Gasteiger partial charge in [-0.05, 0) is 110 Å². The minimum absolute atomic E-state index is 0.0489. The first-order valence-corrected chi connectivity index (χ1v) is 19.1. The first kappa shape index (κ1) is 34.7. The van der Waals surface area contributed by atoms with Crippen LogP contribution in [0, 0.1) is 0 Å². The molecular formula is C52H46N2. The summed E-state index contributed by atoms with van der Waals surface area (Å²) in [5.41, 5.74) is 10.6. The molecule has 9 rings (SSSR count). The lowest BCUT2D eigenvalue weighted by Gasteiger charge is -2.29. The first-order valence-electron chi connectivity index (χ1n) is 19.1. The van der Waals surface area contributed by atoms with Gasteiger partial charge in [0.25, 0.3) is 0 Å². The van der Waals surface area contributed by atoms with Gasteiger partial charge in [0.1, 0.15) is 0 Å². The van der Waals surface area contributed by atoms with Crippen molar-refractivity contribution in [2.45, 2.75) is 40.0 Å². The van der Waals surface area contributed by atoms with E-state index in [1.165, 1.54) is 49.0 Å². The van der Waals surface area contributed by atoms with Crippen LogP contribution in [0.25, 0.3) is 43.4 Å². The number of rotatable bonds is 7. The molecule has 0 bridgehead atoms. The summed E-state index contributed by atoms with van der Waals surface area (Å²) >= 11 is 0. The van der Waals surface area contributed by atoms with E-state index in [1.54, 1.807) is 0 Å². The number of nitrogens with zero attached hydrogens (tertiary/aromatic N) is 2. The number of para-hydroxylation sites is 4. The van der Waals surface area contributed by atoms with Gasteiger partial charge in [0, 0.05) is 39.2 Å². The van der Waals surface area contributed by atoms with Crippen LogP contribution in [0.2, 0.25) is 0 Å². The molecule has 0 spiro atoms. The van der Waals surface area contributed by atoms with E-state index in [2.05, 4.69) is 219 Å². The molecule has 9 aromatic rings. The molecule has 0 aliphatic heterocycles. The van der Waals surface area contributed by atoms with Crippen molar-refractivity contribution in [2.24, 2.45) is 0 Å². The van der Waals surface area contributed by atoms with E-state index in [9.17, 15) is 0 Å². The van der Waals surface area contributed by atoms with Gasteiger partial charge in [-0.15, -0.1) is 0 Å². The Bertz CT molecular complexity index is 2530. The van der Waals surface area contributed by atoms with Crippen molar-refractivity contribution in [3.63, 3.8) is 0 Å². The summed E-state index contributed by atoms with van der Waals surface area (Å²) in [6, 6.07) is 68.3. The Labute approximate surface area is 319 Å². The third-order valence-electron chi connectivity index (χ3n) is 10.3. The molecule has 264 valence electrons. The molecule has 2 heteroatoms. The molecule has 0 aliphatic carbocycles. The lowest BCUT2D eigenvalue weighted by Crippen LogP contribution is -2.12. The van der Waals surface area contributed by atoms with Crippen molar-refractivity contribution in [1.82, 2.24) is 0 Å². The number of hydrogen-bond acceptors (Lipinski definition) is 2. The molecule has 54 heavy (non-hydrogen) atoms. The molecule has 0 saturated heterocycles. The maximum Gasteiger partial charge on any atom is 0.0546 e. The maximum atomic E-state index is 2.41. The zero-order valence-corrected chi connectivity index (χ0v) is 31.8. The van der Waals surface area contributed by atoms with Crippen LogP contribution < -0.4 is 9.80 Å². The van der Waals surface area contributed by atoms with Crippen LogP contribution in [0.15, 0.2) is 188 Å². The van der Waals surface area contributed by atoms with Gasteiger partial charge in [-0.25, -0.2) is 0 Å². The van der Waals surface area contributed by atoms with Crippen molar-refractivity contribution < 1.29 is 0 Å². The minimum atomic E-state index is 0.0489. The summed E-state index contributed by atoms with van der Waals surface area (Å²) in [6.45, 7) is 10.9. The van der Waals surface area contributed by atoms with E-state index in [0.717, 1.165) is 34.1 Å². The number of hydrogen-bond donors (Lipinski definition) is 0. The lowest BCUT2D eigenvalue weighted by atomic mass is 9.82. The summed E-state index contributed by atoms with van der Waals surface area (Å²) < 4.78 is 0. The van der Waals surface area contributed by atoms with Crippen LogP contribution >= 0.6 is 0 Å². The zero-order chi connectivity index (χ0) is 37.2. The Morgan fingerprint density at radius 2 is 0.778 bits per heavy atom. The zero-order valence-electron chi connectivity index (χ0n) is 31.8. The number of anilines is 6.